The molecule has 21 heavy (non-hydrogen) atoms. The van der Waals surface area contributed by atoms with Crippen LogP contribution in [0.2, 0.25) is 5.02 Å². The van der Waals surface area contributed by atoms with Gasteiger partial charge in [-0.3, -0.25) is 15.2 Å². The lowest BCUT2D eigenvalue weighted by molar-refractivity contribution is -0.116. The van der Waals surface area contributed by atoms with E-state index in [1.165, 1.54) is 0 Å². The molecular formula is C15H13ClN4O. The summed E-state index contributed by atoms with van der Waals surface area (Å²) >= 11 is 5.85. The fourth-order valence-electron chi connectivity index (χ4n) is 2.06. The molecule has 1 aliphatic rings. The summed E-state index contributed by atoms with van der Waals surface area (Å²) in [5.41, 5.74) is 5.94. The lowest BCUT2D eigenvalue weighted by Crippen LogP contribution is -2.09. The second kappa shape index (κ2) is 5.93. The molecule has 1 aromatic carbocycles. The molecule has 0 unspecified atom stereocenters. The number of fused-ring (bicyclic) bond motifs is 1. The number of halogens is 1. The highest BCUT2D eigenvalue weighted by molar-refractivity contribution is 6.30. The Labute approximate surface area is 127 Å². The van der Waals surface area contributed by atoms with Crippen LogP contribution in [0.15, 0.2) is 47.7 Å². The monoisotopic (exact) mass is 300 g/mol. The number of hydrazone groups is 1. The van der Waals surface area contributed by atoms with E-state index in [-0.39, 0.29) is 5.91 Å². The Morgan fingerprint density at radius 2 is 2.00 bits per heavy atom. The van der Waals surface area contributed by atoms with Crippen LogP contribution in [0.4, 0.5) is 11.4 Å². The number of nitrogens with zero attached hydrogens (tertiary/aromatic N) is 2. The molecule has 6 heteroatoms. The topological polar surface area (TPSA) is 66.4 Å². The van der Waals surface area contributed by atoms with Gasteiger partial charge in [0.1, 0.15) is 5.69 Å². The van der Waals surface area contributed by atoms with Crippen LogP contribution in [0.1, 0.15) is 18.5 Å². The van der Waals surface area contributed by atoms with Crippen molar-refractivity contribution in [3.63, 3.8) is 0 Å². The Kier molecular flexibility index (Phi) is 3.83. The van der Waals surface area contributed by atoms with E-state index in [9.17, 15) is 4.79 Å². The summed E-state index contributed by atoms with van der Waals surface area (Å²) in [6.45, 7) is 0. The minimum atomic E-state index is -0.0269. The fourth-order valence-corrected chi connectivity index (χ4v) is 2.19. The van der Waals surface area contributed by atoms with Crippen molar-refractivity contribution >= 4 is 34.6 Å². The van der Waals surface area contributed by atoms with Gasteiger partial charge in [-0.05, 0) is 36.4 Å². The Morgan fingerprint density at radius 3 is 2.81 bits per heavy atom. The van der Waals surface area contributed by atoms with E-state index in [2.05, 4.69) is 20.8 Å². The van der Waals surface area contributed by atoms with Crippen LogP contribution in [-0.2, 0) is 4.79 Å². The van der Waals surface area contributed by atoms with E-state index in [0.29, 0.717) is 29.2 Å². The predicted octanol–water partition coefficient (Wildman–Crippen LogP) is 3.28. The van der Waals surface area contributed by atoms with Gasteiger partial charge < -0.3 is 5.32 Å². The van der Waals surface area contributed by atoms with Crippen LogP contribution in [0.25, 0.3) is 0 Å². The third-order valence-electron chi connectivity index (χ3n) is 3.11. The van der Waals surface area contributed by atoms with E-state index in [4.69, 9.17) is 11.6 Å². The van der Waals surface area contributed by atoms with E-state index in [0.717, 1.165) is 11.4 Å². The average Bonchev–Trinajstić information content (AvgIpc) is 2.65. The van der Waals surface area contributed by atoms with Crippen molar-refractivity contribution < 1.29 is 4.79 Å². The summed E-state index contributed by atoms with van der Waals surface area (Å²) in [7, 11) is 0. The second-order valence-electron chi connectivity index (χ2n) is 4.62. The number of nitrogens with one attached hydrogen (secondary N) is 2. The number of carbonyl (C=O) groups is 1. The molecule has 1 amide bonds. The number of aromatic nitrogens is 1. The van der Waals surface area contributed by atoms with E-state index >= 15 is 0 Å². The molecule has 1 aromatic heterocycles. The van der Waals surface area contributed by atoms with Crippen LogP contribution in [0.3, 0.4) is 0 Å². The Morgan fingerprint density at radius 1 is 1.19 bits per heavy atom. The Balaban J connectivity index is 1.88. The molecule has 2 N–H and O–H groups in total. The largest absolute Gasteiger partial charge is 0.324 e. The number of benzene rings is 1. The molecule has 0 saturated carbocycles. The van der Waals surface area contributed by atoms with Crippen molar-refractivity contribution in [3.05, 3.63) is 53.3 Å². The quantitative estimate of drug-likeness (QED) is 0.836. The maximum atomic E-state index is 11.7. The number of carbonyl (C=O) groups excluding carboxylic acids is 1. The normalized spacial score (nSPS) is 16.0. The van der Waals surface area contributed by atoms with Gasteiger partial charge in [0.25, 0.3) is 0 Å². The van der Waals surface area contributed by atoms with Gasteiger partial charge in [-0.25, -0.2) is 0 Å². The van der Waals surface area contributed by atoms with Crippen molar-refractivity contribution in [2.75, 3.05) is 10.7 Å². The molecule has 3 rings (SSSR count). The highest BCUT2D eigenvalue weighted by Gasteiger charge is 2.18. The maximum absolute atomic E-state index is 11.7. The van der Waals surface area contributed by atoms with Gasteiger partial charge in [0.15, 0.2) is 0 Å². The number of amides is 1. The molecule has 0 atom stereocenters. The van der Waals surface area contributed by atoms with Crippen LogP contribution in [-0.4, -0.2) is 16.6 Å². The minimum absolute atomic E-state index is 0.0269. The van der Waals surface area contributed by atoms with Crippen molar-refractivity contribution in [1.29, 1.82) is 0 Å². The number of rotatable bonds is 2. The molecule has 1 aliphatic heterocycles. The van der Waals surface area contributed by atoms with E-state index < -0.39 is 0 Å². The second-order valence-corrected chi connectivity index (χ2v) is 5.06. The first kappa shape index (κ1) is 13.6. The minimum Gasteiger partial charge on any atom is -0.324 e. The van der Waals surface area contributed by atoms with Crippen LogP contribution in [0, 0.1) is 0 Å². The number of anilines is 2. The first-order valence-electron chi connectivity index (χ1n) is 6.56. The summed E-state index contributed by atoms with van der Waals surface area (Å²) in [6, 6.07) is 10.9. The molecule has 2 aromatic rings. The predicted molar refractivity (Wildman–Crippen MR) is 83.7 cm³/mol. The van der Waals surface area contributed by atoms with Crippen LogP contribution in [0.5, 0.6) is 0 Å². The average molecular weight is 301 g/mol. The van der Waals surface area contributed by atoms with Gasteiger partial charge in [-0.1, -0.05) is 11.6 Å². The molecule has 0 fully saturated rings. The van der Waals surface area contributed by atoms with E-state index in [1.54, 1.807) is 24.4 Å². The van der Waals surface area contributed by atoms with Gasteiger partial charge in [-0.15, -0.1) is 0 Å². The summed E-state index contributed by atoms with van der Waals surface area (Å²) in [4.78, 5) is 16.0. The van der Waals surface area contributed by atoms with Gasteiger partial charge in [0.2, 0.25) is 5.91 Å². The lowest BCUT2D eigenvalue weighted by Gasteiger charge is -2.07. The Bertz CT molecular complexity index is 697. The van der Waals surface area contributed by atoms with Crippen molar-refractivity contribution in [3.8, 4) is 0 Å². The number of hydrogen-bond donors (Lipinski definition) is 2. The third-order valence-corrected chi connectivity index (χ3v) is 3.36. The van der Waals surface area contributed by atoms with Crippen molar-refractivity contribution in [2.24, 2.45) is 5.10 Å². The third kappa shape index (κ3) is 3.20. The Hall–Kier alpha value is -2.40. The van der Waals surface area contributed by atoms with Crippen molar-refractivity contribution in [2.45, 2.75) is 12.8 Å². The van der Waals surface area contributed by atoms with Gasteiger partial charge in [0.05, 0.1) is 17.1 Å². The summed E-state index contributed by atoms with van der Waals surface area (Å²) in [5.74, 6) is -0.0269. The van der Waals surface area contributed by atoms with Gasteiger partial charge in [0, 0.05) is 24.1 Å². The van der Waals surface area contributed by atoms with Gasteiger partial charge in [-0.2, -0.15) is 5.10 Å². The lowest BCUT2D eigenvalue weighted by atomic mass is 10.1. The SMILES string of the molecule is O=C1CC/C(=N\Nc2ccc(Cl)cc2)c2ncccc2N1. The molecule has 0 aliphatic carbocycles. The highest BCUT2D eigenvalue weighted by atomic mass is 35.5. The molecule has 2 heterocycles. The van der Waals surface area contributed by atoms with Crippen LogP contribution < -0.4 is 10.7 Å². The molecule has 106 valence electrons. The zero-order valence-electron chi connectivity index (χ0n) is 11.1. The number of hydrogen-bond acceptors (Lipinski definition) is 4. The summed E-state index contributed by atoms with van der Waals surface area (Å²) < 4.78 is 0. The maximum Gasteiger partial charge on any atom is 0.224 e. The smallest absolute Gasteiger partial charge is 0.224 e. The fraction of sp³-hybridized carbons (Fsp3) is 0.133. The molecule has 0 radical (unpaired) electrons. The first-order valence-corrected chi connectivity index (χ1v) is 6.93. The molecule has 0 saturated heterocycles. The van der Waals surface area contributed by atoms with E-state index in [1.807, 2.05) is 18.2 Å². The zero-order chi connectivity index (χ0) is 14.7. The summed E-state index contributed by atoms with van der Waals surface area (Å²) in [5, 5.41) is 7.89. The molecule has 5 nitrogen and oxygen atoms in total. The summed E-state index contributed by atoms with van der Waals surface area (Å²) in [6.07, 6.45) is 2.61. The van der Waals surface area contributed by atoms with Crippen molar-refractivity contribution in [1.82, 2.24) is 4.98 Å². The molecular weight excluding hydrogens is 288 g/mol. The molecule has 0 spiro atoms. The molecule has 0 bridgehead atoms. The number of pyridine rings is 1. The standard InChI is InChI=1S/C15H13ClN4O/c16-10-3-5-11(6-4-10)19-20-13-7-8-14(21)18-12-2-1-9-17-15(12)13/h1-6,9,19H,7-8H2,(H,18,21)/b20-13+. The van der Waals surface area contributed by atoms with Gasteiger partial charge >= 0.3 is 0 Å². The highest BCUT2D eigenvalue weighted by Crippen LogP contribution is 2.20. The first-order chi connectivity index (χ1) is 10.2. The van der Waals surface area contributed by atoms with Crippen LogP contribution >= 0.6 is 11.6 Å². The zero-order valence-corrected chi connectivity index (χ0v) is 11.9.